The lowest BCUT2D eigenvalue weighted by atomic mass is 10.0. The van der Waals surface area contributed by atoms with Gasteiger partial charge in [-0.1, -0.05) is 18.6 Å². The third kappa shape index (κ3) is 9.10. The predicted molar refractivity (Wildman–Crippen MR) is 56.4 cm³/mol. The maximum Gasteiger partial charge on any atom is 0.505 e. The van der Waals surface area contributed by atoms with E-state index >= 15 is 0 Å². The number of hydrogen-bond donors (Lipinski definition) is 1. The van der Waals surface area contributed by atoms with Gasteiger partial charge in [-0.05, 0) is 39.0 Å². The monoisotopic (exact) mass is 200 g/mol. The molecule has 0 spiro atoms. The van der Waals surface area contributed by atoms with Crippen LogP contribution in [0.25, 0.3) is 0 Å². The Labute approximate surface area is 85.8 Å². The molecule has 14 heavy (non-hydrogen) atoms. The van der Waals surface area contributed by atoms with Crippen molar-refractivity contribution in [2.24, 2.45) is 5.92 Å². The molecule has 0 heterocycles. The van der Waals surface area contributed by atoms with Gasteiger partial charge in [0.05, 0.1) is 6.61 Å². The van der Waals surface area contributed by atoms with Crippen LogP contribution in [0.3, 0.4) is 0 Å². The molecular formula is C11H20O3. The van der Waals surface area contributed by atoms with Gasteiger partial charge in [-0.2, -0.15) is 0 Å². The lowest BCUT2D eigenvalue weighted by Gasteiger charge is -2.08. The van der Waals surface area contributed by atoms with Gasteiger partial charge in [-0.15, -0.1) is 0 Å². The van der Waals surface area contributed by atoms with Crippen LogP contribution in [0.5, 0.6) is 0 Å². The molecule has 0 saturated heterocycles. The molecule has 3 heteroatoms. The standard InChI is InChI=1S/C11H20O3/c1-9(2)5-4-6-10(3)7-8-14-11(12)13/h5,10H,4,6-8H2,1-3H3,(H,12,13). The minimum atomic E-state index is -1.18. The van der Waals surface area contributed by atoms with Crippen molar-refractivity contribution in [3.05, 3.63) is 11.6 Å². The number of carboxylic acid groups (broad SMARTS) is 1. The van der Waals surface area contributed by atoms with E-state index < -0.39 is 6.16 Å². The van der Waals surface area contributed by atoms with E-state index in [4.69, 9.17) is 5.11 Å². The Hall–Kier alpha value is -0.990. The highest BCUT2D eigenvalue weighted by Gasteiger charge is 2.03. The molecule has 0 aromatic rings. The Morgan fingerprint density at radius 1 is 1.43 bits per heavy atom. The summed E-state index contributed by atoms with van der Waals surface area (Å²) in [7, 11) is 0. The second kappa shape index (κ2) is 7.42. The van der Waals surface area contributed by atoms with Crippen molar-refractivity contribution in [2.45, 2.75) is 40.0 Å². The molecule has 0 aromatic heterocycles. The lowest BCUT2D eigenvalue weighted by molar-refractivity contribution is 0.0866. The highest BCUT2D eigenvalue weighted by molar-refractivity contribution is 5.56. The first-order valence-electron chi connectivity index (χ1n) is 5.01. The highest BCUT2D eigenvalue weighted by atomic mass is 16.7. The topological polar surface area (TPSA) is 46.5 Å². The molecule has 0 radical (unpaired) electrons. The fraction of sp³-hybridized carbons (Fsp3) is 0.727. The van der Waals surface area contributed by atoms with E-state index in [1.54, 1.807) is 0 Å². The van der Waals surface area contributed by atoms with Gasteiger partial charge in [0.25, 0.3) is 0 Å². The summed E-state index contributed by atoms with van der Waals surface area (Å²) < 4.78 is 4.44. The average Bonchev–Trinajstić information content (AvgIpc) is 2.02. The smallest absolute Gasteiger partial charge is 0.450 e. The van der Waals surface area contributed by atoms with Crippen LogP contribution in [0, 0.1) is 5.92 Å². The highest BCUT2D eigenvalue weighted by Crippen LogP contribution is 2.11. The molecule has 1 atom stereocenters. The third-order valence-corrected chi connectivity index (χ3v) is 2.05. The zero-order valence-electron chi connectivity index (χ0n) is 9.25. The normalized spacial score (nSPS) is 11.9. The summed E-state index contributed by atoms with van der Waals surface area (Å²) in [6.45, 7) is 6.59. The van der Waals surface area contributed by atoms with E-state index in [9.17, 15) is 4.79 Å². The minimum Gasteiger partial charge on any atom is -0.450 e. The average molecular weight is 200 g/mol. The summed E-state index contributed by atoms with van der Waals surface area (Å²) in [5, 5.41) is 8.24. The Bertz CT molecular complexity index is 193. The molecule has 0 aliphatic heterocycles. The number of hydrogen-bond acceptors (Lipinski definition) is 2. The van der Waals surface area contributed by atoms with E-state index in [1.165, 1.54) is 5.57 Å². The Balaban J connectivity index is 3.41. The van der Waals surface area contributed by atoms with E-state index in [0.717, 1.165) is 19.3 Å². The van der Waals surface area contributed by atoms with Crippen molar-refractivity contribution in [1.82, 2.24) is 0 Å². The molecule has 0 amide bonds. The van der Waals surface area contributed by atoms with Crippen LogP contribution in [0.2, 0.25) is 0 Å². The van der Waals surface area contributed by atoms with Crippen LogP contribution in [-0.2, 0) is 4.74 Å². The van der Waals surface area contributed by atoms with Crippen molar-refractivity contribution in [3.8, 4) is 0 Å². The summed E-state index contributed by atoms with van der Waals surface area (Å²) >= 11 is 0. The van der Waals surface area contributed by atoms with Crippen LogP contribution < -0.4 is 0 Å². The fourth-order valence-electron chi connectivity index (χ4n) is 1.15. The first-order valence-corrected chi connectivity index (χ1v) is 5.01. The molecule has 82 valence electrons. The zero-order chi connectivity index (χ0) is 11.0. The van der Waals surface area contributed by atoms with Crippen LogP contribution in [0.4, 0.5) is 4.79 Å². The van der Waals surface area contributed by atoms with Gasteiger partial charge >= 0.3 is 6.16 Å². The SMILES string of the molecule is CC(C)=CCCC(C)CCOC(=O)O. The van der Waals surface area contributed by atoms with Crippen LogP contribution in [0.1, 0.15) is 40.0 Å². The summed E-state index contributed by atoms with van der Waals surface area (Å²) in [5.74, 6) is 0.518. The van der Waals surface area contributed by atoms with Crippen LogP contribution >= 0.6 is 0 Å². The fourth-order valence-corrected chi connectivity index (χ4v) is 1.15. The van der Waals surface area contributed by atoms with E-state index in [1.807, 2.05) is 0 Å². The molecule has 0 aliphatic rings. The maximum absolute atomic E-state index is 10.1. The molecule has 0 bridgehead atoms. The third-order valence-electron chi connectivity index (χ3n) is 2.05. The first kappa shape index (κ1) is 13.0. The van der Waals surface area contributed by atoms with Crippen molar-refractivity contribution in [3.63, 3.8) is 0 Å². The second-order valence-corrected chi connectivity index (χ2v) is 3.87. The summed E-state index contributed by atoms with van der Waals surface area (Å²) in [4.78, 5) is 10.1. The van der Waals surface area contributed by atoms with Crippen molar-refractivity contribution >= 4 is 6.16 Å². The van der Waals surface area contributed by atoms with Crippen molar-refractivity contribution < 1.29 is 14.6 Å². The lowest BCUT2D eigenvalue weighted by Crippen LogP contribution is -2.05. The Morgan fingerprint density at radius 3 is 2.57 bits per heavy atom. The predicted octanol–water partition coefficient (Wildman–Crippen LogP) is 3.45. The van der Waals surface area contributed by atoms with Gasteiger partial charge in [0.15, 0.2) is 0 Å². The number of ether oxygens (including phenoxy) is 1. The molecule has 0 saturated carbocycles. The Kier molecular flexibility index (Phi) is 6.89. The molecule has 0 aliphatic carbocycles. The van der Waals surface area contributed by atoms with Gasteiger partial charge in [0, 0.05) is 0 Å². The molecular weight excluding hydrogens is 180 g/mol. The summed E-state index contributed by atoms with van der Waals surface area (Å²) in [6, 6.07) is 0. The van der Waals surface area contributed by atoms with E-state index in [2.05, 4.69) is 31.6 Å². The number of allylic oxidation sites excluding steroid dienone is 2. The van der Waals surface area contributed by atoms with Crippen LogP contribution in [-0.4, -0.2) is 17.9 Å². The van der Waals surface area contributed by atoms with Gasteiger partial charge in [-0.25, -0.2) is 4.79 Å². The zero-order valence-corrected chi connectivity index (χ0v) is 9.25. The van der Waals surface area contributed by atoms with Gasteiger partial charge in [0.1, 0.15) is 0 Å². The molecule has 1 N–H and O–H groups in total. The van der Waals surface area contributed by atoms with Gasteiger partial charge in [0.2, 0.25) is 0 Å². The minimum absolute atomic E-state index is 0.311. The van der Waals surface area contributed by atoms with E-state index in [0.29, 0.717) is 12.5 Å². The largest absolute Gasteiger partial charge is 0.505 e. The van der Waals surface area contributed by atoms with Crippen molar-refractivity contribution in [2.75, 3.05) is 6.61 Å². The summed E-state index contributed by atoms with van der Waals surface area (Å²) in [5.41, 5.74) is 1.33. The quantitative estimate of drug-likeness (QED) is 0.527. The molecule has 3 nitrogen and oxygen atoms in total. The maximum atomic E-state index is 10.1. The van der Waals surface area contributed by atoms with Gasteiger partial charge < -0.3 is 9.84 Å². The molecule has 1 unspecified atom stereocenters. The number of carbonyl (C=O) groups is 1. The van der Waals surface area contributed by atoms with E-state index in [-0.39, 0.29) is 0 Å². The number of rotatable bonds is 6. The Morgan fingerprint density at radius 2 is 2.07 bits per heavy atom. The molecule has 0 aromatic carbocycles. The first-order chi connectivity index (χ1) is 6.52. The van der Waals surface area contributed by atoms with Crippen molar-refractivity contribution in [1.29, 1.82) is 0 Å². The van der Waals surface area contributed by atoms with Gasteiger partial charge in [-0.3, -0.25) is 0 Å². The van der Waals surface area contributed by atoms with Crippen LogP contribution in [0.15, 0.2) is 11.6 Å². The molecule has 0 fully saturated rings. The summed E-state index contributed by atoms with van der Waals surface area (Å²) in [6.07, 6.45) is 3.99. The molecule has 0 rings (SSSR count). The second-order valence-electron chi connectivity index (χ2n) is 3.87.